The van der Waals surface area contributed by atoms with E-state index in [1.165, 1.54) is 0 Å². The molecule has 0 heterocycles. The van der Waals surface area contributed by atoms with E-state index in [1.807, 2.05) is 30.3 Å². The van der Waals surface area contributed by atoms with E-state index in [-0.39, 0.29) is 19.6 Å². The number of aliphatic hydroxyl groups is 2. The average Bonchev–Trinajstić information content (AvgIpc) is 2.71. The molecule has 0 aliphatic heterocycles. The van der Waals surface area contributed by atoms with Gasteiger partial charge >= 0.3 is 12.1 Å². The summed E-state index contributed by atoms with van der Waals surface area (Å²) in [5.41, 5.74) is 2.31. The minimum atomic E-state index is -1.19. The fourth-order valence-corrected chi connectivity index (χ4v) is 2.62. The highest BCUT2D eigenvalue weighted by Crippen LogP contribution is 2.18. The Labute approximate surface area is 163 Å². The maximum absolute atomic E-state index is 11.7. The number of carboxylic acid groups (broad SMARTS) is 1. The first kappa shape index (κ1) is 21.4. The molecule has 0 saturated heterocycles. The highest BCUT2D eigenvalue weighted by molar-refractivity contribution is 5.67. The van der Waals surface area contributed by atoms with E-state index in [9.17, 15) is 19.8 Å². The molecule has 2 aromatic rings. The van der Waals surface area contributed by atoms with Crippen molar-refractivity contribution in [1.29, 1.82) is 0 Å². The Morgan fingerprint density at radius 3 is 2.29 bits per heavy atom. The van der Waals surface area contributed by atoms with Crippen molar-refractivity contribution in [3.8, 4) is 0 Å². The summed E-state index contributed by atoms with van der Waals surface area (Å²) in [5.74, 6) is -0.829. The van der Waals surface area contributed by atoms with Gasteiger partial charge in [-0.2, -0.15) is 0 Å². The molecular weight excluding hydrogens is 362 g/mol. The van der Waals surface area contributed by atoms with Crippen molar-refractivity contribution in [1.82, 2.24) is 5.32 Å². The predicted octanol–water partition coefficient (Wildman–Crippen LogP) is 2.41. The summed E-state index contributed by atoms with van der Waals surface area (Å²) in [6, 6.07) is 16.1. The molecule has 0 aliphatic rings. The van der Waals surface area contributed by atoms with Gasteiger partial charge in [-0.05, 0) is 29.5 Å². The Morgan fingerprint density at radius 1 is 0.964 bits per heavy atom. The molecule has 2 unspecified atom stereocenters. The second kappa shape index (κ2) is 11.1. The van der Waals surface area contributed by atoms with Crippen LogP contribution in [0, 0.1) is 0 Å². The van der Waals surface area contributed by atoms with Gasteiger partial charge < -0.3 is 25.4 Å². The van der Waals surface area contributed by atoms with Gasteiger partial charge in [-0.15, -0.1) is 0 Å². The van der Waals surface area contributed by atoms with Crippen LogP contribution < -0.4 is 5.32 Å². The van der Waals surface area contributed by atoms with Crippen molar-refractivity contribution >= 4 is 12.1 Å². The minimum absolute atomic E-state index is 0.106. The number of aliphatic carboxylic acids is 1. The zero-order valence-electron chi connectivity index (χ0n) is 15.5. The molecule has 0 fully saturated rings. The van der Waals surface area contributed by atoms with E-state index in [0.29, 0.717) is 18.4 Å². The number of rotatable bonds is 10. The highest BCUT2D eigenvalue weighted by atomic mass is 16.5. The molecule has 2 atom stereocenters. The van der Waals surface area contributed by atoms with Gasteiger partial charge in [-0.3, -0.25) is 4.79 Å². The van der Waals surface area contributed by atoms with Crippen molar-refractivity contribution < 1.29 is 29.6 Å². The number of amides is 1. The van der Waals surface area contributed by atoms with Crippen molar-refractivity contribution in [3.63, 3.8) is 0 Å². The number of carbonyl (C=O) groups excluding carboxylic acids is 1. The van der Waals surface area contributed by atoms with Crippen LogP contribution in [0.1, 0.15) is 35.6 Å². The number of carboxylic acids is 1. The SMILES string of the molecule is O=C(O)CCCc1ccc(C(O)C(O)CNC(=O)OCc2ccccc2)cc1. The number of carbonyl (C=O) groups is 2. The van der Waals surface area contributed by atoms with Gasteiger partial charge in [0.25, 0.3) is 0 Å². The maximum atomic E-state index is 11.7. The molecule has 0 aliphatic carbocycles. The van der Waals surface area contributed by atoms with Crippen LogP contribution in [0.5, 0.6) is 0 Å². The first-order valence-corrected chi connectivity index (χ1v) is 9.07. The van der Waals surface area contributed by atoms with Crippen LogP contribution in [0.3, 0.4) is 0 Å². The summed E-state index contributed by atoms with van der Waals surface area (Å²) >= 11 is 0. The second-order valence-corrected chi connectivity index (χ2v) is 6.44. The average molecular weight is 387 g/mol. The van der Waals surface area contributed by atoms with Crippen LogP contribution in [0.25, 0.3) is 0 Å². The van der Waals surface area contributed by atoms with Gasteiger partial charge in [-0.25, -0.2) is 4.79 Å². The molecule has 2 aromatic carbocycles. The fraction of sp³-hybridized carbons (Fsp3) is 0.333. The fourth-order valence-electron chi connectivity index (χ4n) is 2.62. The smallest absolute Gasteiger partial charge is 0.407 e. The van der Waals surface area contributed by atoms with E-state index >= 15 is 0 Å². The van der Waals surface area contributed by atoms with Crippen LogP contribution in [-0.4, -0.2) is 40.0 Å². The van der Waals surface area contributed by atoms with Gasteiger partial charge in [-0.1, -0.05) is 54.6 Å². The van der Waals surface area contributed by atoms with Gasteiger partial charge in [0.05, 0.1) is 0 Å². The summed E-state index contributed by atoms with van der Waals surface area (Å²) in [6.45, 7) is -0.0379. The lowest BCUT2D eigenvalue weighted by Gasteiger charge is -2.19. The van der Waals surface area contributed by atoms with E-state index in [1.54, 1.807) is 24.3 Å². The number of aryl methyl sites for hydroxylation is 1. The van der Waals surface area contributed by atoms with E-state index in [2.05, 4.69) is 5.32 Å². The first-order valence-electron chi connectivity index (χ1n) is 9.07. The lowest BCUT2D eigenvalue weighted by Crippen LogP contribution is -2.35. The summed E-state index contributed by atoms with van der Waals surface area (Å²) in [5, 5.41) is 31.4. The number of benzene rings is 2. The molecule has 4 N–H and O–H groups in total. The molecule has 0 bridgehead atoms. The molecule has 1 amide bonds. The Morgan fingerprint density at radius 2 is 1.64 bits per heavy atom. The Balaban J connectivity index is 1.74. The first-order chi connectivity index (χ1) is 13.5. The monoisotopic (exact) mass is 387 g/mol. The van der Waals surface area contributed by atoms with Crippen molar-refractivity contribution in [3.05, 3.63) is 71.3 Å². The number of aliphatic hydroxyl groups excluding tert-OH is 2. The molecule has 2 rings (SSSR count). The lowest BCUT2D eigenvalue weighted by atomic mass is 10.0. The Bertz CT molecular complexity index is 747. The topological polar surface area (TPSA) is 116 Å². The van der Waals surface area contributed by atoms with Gasteiger partial charge in [0.1, 0.15) is 18.8 Å². The number of alkyl carbamates (subject to hydrolysis) is 1. The molecule has 0 aromatic heterocycles. The largest absolute Gasteiger partial charge is 0.481 e. The Kier molecular flexibility index (Phi) is 8.45. The normalized spacial score (nSPS) is 12.8. The van der Waals surface area contributed by atoms with Crippen molar-refractivity contribution in [2.24, 2.45) is 0 Å². The molecular formula is C21H25NO6. The zero-order chi connectivity index (χ0) is 20.4. The molecule has 7 heteroatoms. The van der Waals surface area contributed by atoms with Crippen molar-refractivity contribution in [2.75, 3.05) is 6.54 Å². The number of ether oxygens (including phenoxy) is 1. The highest BCUT2D eigenvalue weighted by Gasteiger charge is 2.19. The number of nitrogens with one attached hydrogen (secondary N) is 1. The summed E-state index contributed by atoms with van der Waals surface area (Å²) in [6.07, 6.45) is -1.77. The third kappa shape index (κ3) is 7.38. The van der Waals surface area contributed by atoms with Crippen LogP contribution in [0.15, 0.2) is 54.6 Å². The zero-order valence-corrected chi connectivity index (χ0v) is 15.5. The third-order valence-corrected chi connectivity index (χ3v) is 4.21. The Hall–Kier alpha value is -2.90. The third-order valence-electron chi connectivity index (χ3n) is 4.21. The van der Waals surface area contributed by atoms with Crippen LogP contribution in [-0.2, 0) is 22.6 Å². The molecule has 150 valence electrons. The molecule has 0 spiro atoms. The summed E-state index contributed by atoms with van der Waals surface area (Å²) in [4.78, 5) is 22.2. The van der Waals surface area contributed by atoms with Crippen LogP contribution in [0.2, 0.25) is 0 Å². The lowest BCUT2D eigenvalue weighted by molar-refractivity contribution is -0.137. The molecule has 7 nitrogen and oxygen atoms in total. The molecule has 0 saturated carbocycles. The van der Waals surface area contributed by atoms with Gasteiger partial charge in [0.2, 0.25) is 0 Å². The van der Waals surface area contributed by atoms with Crippen LogP contribution in [0.4, 0.5) is 4.79 Å². The quantitative estimate of drug-likeness (QED) is 0.498. The molecule has 28 heavy (non-hydrogen) atoms. The van der Waals surface area contributed by atoms with E-state index in [4.69, 9.17) is 9.84 Å². The predicted molar refractivity (Wildman–Crippen MR) is 103 cm³/mol. The van der Waals surface area contributed by atoms with E-state index < -0.39 is 24.3 Å². The standard InChI is InChI=1S/C21H25NO6/c23-18(13-22-21(27)28-14-16-5-2-1-3-6-16)20(26)17-11-9-15(10-12-17)7-4-8-19(24)25/h1-3,5-6,9-12,18,20,23,26H,4,7-8,13-14H2,(H,22,27)(H,24,25). The van der Waals surface area contributed by atoms with Crippen LogP contribution >= 0.6 is 0 Å². The second-order valence-electron chi connectivity index (χ2n) is 6.44. The van der Waals surface area contributed by atoms with E-state index in [0.717, 1.165) is 11.1 Å². The summed E-state index contributed by atoms with van der Waals surface area (Å²) in [7, 11) is 0. The minimum Gasteiger partial charge on any atom is -0.481 e. The van der Waals surface area contributed by atoms with Crippen molar-refractivity contribution in [2.45, 2.75) is 38.1 Å². The number of hydrogen-bond acceptors (Lipinski definition) is 5. The maximum Gasteiger partial charge on any atom is 0.407 e. The molecule has 0 radical (unpaired) electrons. The van der Waals surface area contributed by atoms with Gasteiger partial charge in [0, 0.05) is 13.0 Å². The number of hydrogen-bond donors (Lipinski definition) is 4. The summed E-state index contributed by atoms with van der Waals surface area (Å²) < 4.78 is 5.05. The van der Waals surface area contributed by atoms with Gasteiger partial charge in [0.15, 0.2) is 0 Å².